The minimum Gasteiger partial charge on any atom is -0.480 e. The summed E-state index contributed by atoms with van der Waals surface area (Å²) >= 11 is 0. The molecule has 0 radical (unpaired) electrons. The highest BCUT2D eigenvalue weighted by Gasteiger charge is 2.22. The number of pyridine rings is 1. The van der Waals surface area contributed by atoms with Gasteiger partial charge in [-0.15, -0.1) is 0 Å². The maximum absolute atomic E-state index is 10.7. The molecule has 8 nitrogen and oxygen atoms in total. The number of ether oxygens (including phenoxy) is 1. The van der Waals surface area contributed by atoms with Gasteiger partial charge in [0.05, 0.1) is 17.1 Å². The number of piperidine rings is 1. The minimum atomic E-state index is -0.979. The number of aromatic nitrogens is 1. The van der Waals surface area contributed by atoms with Crippen LogP contribution in [0.5, 0.6) is 0 Å². The van der Waals surface area contributed by atoms with E-state index < -0.39 is 10.9 Å². The van der Waals surface area contributed by atoms with E-state index in [1.54, 1.807) is 0 Å². The number of carboxylic acids is 1. The summed E-state index contributed by atoms with van der Waals surface area (Å²) in [5, 5.41) is 19.3. The summed E-state index contributed by atoms with van der Waals surface area (Å²) in [6, 6.07) is 2.80. The molecule has 0 saturated carbocycles. The first-order valence-electron chi connectivity index (χ1n) is 6.25. The van der Waals surface area contributed by atoms with Gasteiger partial charge in [0.1, 0.15) is 12.4 Å². The first-order valence-corrected chi connectivity index (χ1v) is 6.25. The summed E-state index contributed by atoms with van der Waals surface area (Å²) in [6.45, 7) is 0.983. The Kier molecular flexibility index (Phi) is 4.46. The van der Waals surface area contributed by atoms with Crippen molar-refractivity contribution in [3.63, 3.8) is 0 Å². The van der Waals surface area contributed by atoms with Crippen LogP contribution in [-0.2, 0) is 9.53 Å². The summed E-state index contributed by atoms with van der Waals surface area (Å²) in [7, 11) is 0. The zero-order valence-corrected chi connectivity index (χ0v) is 10.8. The van der Waals surface area contributed by atoms with E-state index >= 15 is 0 Å². The Bertz CT molecular complexity index is 500. The average Bonchev–Trinajstić information content (AvgIpc) is 2.46. The molecule has 1 aliphatic heterocycles. The molecule has 0 bridgehead atoms. The molecule has 1 aliphatic rings. The SMILES string of the molecule is O=C(O)COC1CCN(c2cc([N+](=O)[O-])ccn2)CC1. The van der Waals surface area contributed by atoms with Crippen molar-refractivity contribution >= 4 is 17.5 Å². The lowest BCUT2D eigenvalue weighted by Crippen LogP contribution is -2.38. The molecule has 2 rings (SSSR count). The molecule has 0 spiro atoms. The van der Waals surface area contributed by atoms with Gasteiger partial charge in [-0.25, -0.2) is 9.78 Å². The molecule has 0 unspecified atom stereocenters. The second-order valence-electron chi connectivity index (χ2n) is 4.52. The second kappa shape index (κ2) is 6.29. The number of hydrogen-bond donors (Lipinski definition) is 1. The summed E-state index contributed by atoms with van der Waals surface area (Å²) in [5.41, 5.74) is 0.0132. The van der Waals surface area contributed by atoms with Crippen molar-refractivity contribution in [1.29, 1.82) is 0 Å². The van der Waals surface area contributed by atoms with E-state index in [9.17, 15) is 14.9 Å². The molecular formula is C12H15N3O5. The lowest BCUT2D eigenvalue weighted by Gasteiger charge is -2.32. The van der Waals surface area contributed by atoms with Crippen LogP contribution in [0.4, 0.5) is 11.5 Å². The molecule has 108 valence electrons. The number of anilines is 1. The van der Waals surface area contributed by atoms with Crippen LogP contribution in [0.2, 0.25) is 0 Å². The molecule has 1 aromatic rings. The fourth-order valence-corrected chi connectivity index (χ4v) is 2.13. The van der Waals surface area contributed by atoms with Gasteiger partial charge in [0.15, 0.2) is 0 Å². The largest absolute Gasteiger partial charge is 0.480 e. The number of carbonyl (C=O) groups is 1. The summed E-state index contributed by atoms with van der Waals surface area (Å²) in [4.78, 5) is 26.8. The van der Waals surface area contributed by atoms with Crippen molar-refractivity contribution in [3.05, 3.63) is 28.4 Å². The number of rotatable bonds is 5. The van der Waals surface area contributed by atoms with E-state index in [2.05, 4.69) is 4.98 Å². The van der Waals surface area contributed by atoms with Gasteiger partial charge in [-0.1, -0.05) is 0 Å². The van der Waals surface area contributed by atoms with Gasteiger partial charge in [-0.3, -0.25) is 10.1 Å². The number of aliphatic carboxylic acids is 1. The Morgan fingerprint density at radius 2 is 2.25 bits per heavy atom. The highest BCUT2D eigenvalue weighted by Crippen LogP contribution is 2.22. The standard InChI is InChI=1S/C12H15N3O5/c16-12(17)8-20-10-2-5-14(6-3-10)11-7-9(15(18)19)1-4-13-11/h1,4,7,10H,2-3,5-6,8H2,(H,16,17). The van der Waals surface area contributed by atoms with Gasteiger partial charge in [-0.05, 0) is 12.8 Å². The topological polar surface area (TPSA) is 106 Å². The predicted octanol–water partition coefficient (Wildman–Crippen LogP) is 1.06. The van der Waals surface area contributed by atoms with Gasteiger partial charge >= 0.3 is 5.97 Å². The third-order valence-corrected chi connectivity index (χ3v) is 3.15. The number of nitro groups is 1. The van der Waals surface area contributed by atoms with Crippen LogP contribution in [0.15, 0.2) is 18.3 Å². The van der Waals surface area contributed by atoms with Gasteiger partial charge in [0.25, 0.3) is 5.69 Å². The van der Waals surface area contributed by atoms with E-state index in [1.807, 2.05) is 4.90 Å². The maximum Gasteiger partial charge on any atom is 0.329 e. The van der Waals surface area contributed by atoms with E-state index in [1.165, 1.54) is 18.3 Å². The molecule has 0 aliphatic carbocycles. The Balaban J connectivity index is 1.92. The van der Waals surface area contributed by atoms with Crippen LogP contribution < -0.4 is 4.90 Å². The van der Waals surface area contributed by atoms with E-state index in [0.29, 0.717) is 31.7 Å². The number of carboxylic acid groups (broad SMARTS) is 1. The smallest absolute Gasteiger partial charge is 0.329 e. The quantitative estimate of drug-likeness (QED) is 0.635. The van der Waals surface area contributed by atoms with Crippen molar-refractivity contribution < 1.29 is 19.6 Å². The molecule has 1 saturated heterocycles. The van der Waals surface area contributed by atoms with Gasteiger partial charge in [-0.2, -0.15) is 0 Å². The molecule has 1 aromatic heterocycles. The molecule has 8 heteroatoms. The lowest BCUT2D eigenvalue weighted by atomic mass is 10.1. The van der Waals surface area contributed by atoms with Crippen molar-refractivity contribution in [2.45, 2.75) is 18.9 Å². The van der Waals surface area contributed by atoms with Crippen LogP contribution in [-0.4, -0.2) is 46.8 Å². The first-order chi connectivity index (χ1) is 9.56. The fraction of sp³-hybridized carbons (Fsp3) is 0.500. The minimum absolute atomic E-state index is 0.0132. The van der Waals surface area contributed by atoms with Crippen LogP contribution in [0.25, 0.3) is 0 Å². The van der Waals surface area contributed by atoms with Gasteiger partial charge in [0, 0.05) is 25.4 Å². The average molecular weight is 281 g/mol. The monoisotopic (exact) mass is 281 g/mol. The summed E-state index contributed by atoms with van der Waals surface area (Å²) < 4.78 is 5.24. The van der Waals surface area contributed by atoms with Crippen LogP contribution >= 0.6 is 0 Å². The second-order valence-corrected chi connectivity index (χ2v) is 4.52. The Hall–Kier alpha value is -2.22. The third-order valence-electron chi connectivity index (χ3n) is 3.15. The Labute approximate surface area is 115 Å². The molecule has 2 heterocycles. The molecule has 0 aromatic carbocycles. The zero-order valence-electron chi connectivity index (χ0n) is 10.8. The normalized spacial score (nSPS) is 16.1. The predicted molar refractivity (Wildman–Crippen MR) is 69.7 cm³/mol. The van der Waals surface area contributed by atoms with Gasteiger partial charge in [0.2, 0.25) is 0 Å². The zero-order chi connectivity index (χ0) is 14.5. The highest BCUT2D eigenvalue weighted by atomic mass is 16.6. The Morgan fingerprint density at radius 3 is 2.85 bits per heavy atom. The summed E-state index contributed by atoms with van der Waals surface area (Å²) in [6.07, 6.45) is 2.69. The van der Waals surface area contributed by atoms with Crippen molar-refractivity contribution in [1.82, 2.24) is 4.98 Å². The van der Waals surface area contributed by atoms with Crippen LogP contribution in [0, 0.1) is 10.1 Å². The van der Waals surface area contributed by atoms with Crippen molar-refractivity contribution in [3.8, 4) is 0 Å². The maximum atomic E-state index is 10.7. The molecule has 1 N–H and O–H groups in total. The van der Waals surface area contributed by atoms with E-state index in [-0.39, 0.29) is 18.4 Å². The van der Waals surface area contributed by atoms with Crippen LogP contribution in [0.1, 0.15) is 12.8 Å². The molecule has 0 atom stereocenters. The molecular weight excluding hydrogens is 266 g/mol. The molecule has 0 amide bonds. The molecule has 1 fully saturated rings. The number of nitrogens with zero attached hydrogens (tertiary/aromatic N) is 3. The highest BCUT2D eigenvalue weighted by molar-refractivity contribution is 5.68. The van der Waals surface area contributed by atoms with E-state index in [4.69, 9.17) is 9.84 Å². The molecule has 20 heavy (non-hydrogen) atoms. The van der Waals surface area contributed by atoms with E-state index in [0.717, 1.165) is 0 Å². The van der Waals surface area contributed by atoms with Crippen molar-refractivity contribution in [2.24, 2.45) is 0 Å². The van der Waals surface area contributed by atoms with Crippen molar-refractivity contribution in [2.75, 3.05) is 24.6 Å². The summed E-state index contributed by atoms with van der Waals surface area (Å²) in [5.74, 6) is -0.413. The first kappa shape index (κ1) is 14.2. The van der Waals surface area contributed by atoms with Crippen LogP contribution in [0.3, 0.4) is 0 Å². The van der Waals surface area contributed by atoms with Gasteiger partial charge < -0.3 is 14.7 Å². The third kappa shape index (κ3) is 3.64. The Morgan fingerprint density at radius 1 is 1.55 bits per heavy atom. The lowest BCUT2D eigenvalue weighted by molar-refractivity contribution is -0.384. The number of hydrogen-bond acceptors (Lipinski definition) is 6. The fourth-order valence-electron chi connectivity index (χ4n) is 2.13.